The molecule has 77 valence electrons. The van der Waals surface area contributed by atoms with Gasteiger partial charge in [0, 0.05) is 5.56 Å². The van der Waals surface area contributed by atoms with E-state index < -0.39 is 0 Å². The van der Waals surface area contributed by atoms with E-state index in [4.69, 9.17) is 4.52 Å². The summed E-state index contributed by atoms with van der Waals surface area (Å²) in [5.41, 5.74) is 1.57. The summed E-state index contributed by atoms with van der Waals surface area (Å²) in [4.78, 5) is 0. The van der Waals surface area contributed by atoms with Crippen LogP contribution in [0.4, 0.5) is 4.39 Å². The molecule has 1 aromatic carbocycles. The molecule has 0 bridgehead atoms. The van der Waals surface area contributed by atoms with Crippen LogP contribution in [0.25, 0.3) is 11.3 Å². The van der Waals surface area contributed by atoms with Crippen molar-refractivity contribution >= 4 is 0 Å². The molecule has 2 nitrogen and oxygen atoms in total. The third-order valence-electron chi connectivity index (χ3n) is 2.13. The molecular weight excluding hydrogens is 193 g/mol. The quantitative estimate of drug-likeness (QED) is 0.749. The smallest absolute Gasteiger partial charge is 0.175 e. The van der Waals surface area contributed by atoms with Gasteiger partial charge in [0.2, 0.25) is 0 Å². The molecule has 1 radical (unpaired) electrons. The molecule has 0 spiro atoms. The molecular formula is C12H11FNO. The first-order valence-electron chi connectivity index (χ1n) is 4.81. The predicted octanol–water partition coefficient (Wildman–Crippen LogP) is 3.40. The lowest BCUT2D eigenvalue weighted by Crippen LogP contribution is -1.84. The van der Waals surface area contributed by atoms with Crippen LogP contribution in [-0.2, 0) is 0 Å². The topological polar surface area (TPSA) is 26.0 Å². The van der Waals surface area contributed by atoms with Crippen LogP contribution in [-0.4, -0.2) is 5.16 Å². The fraction of sp³-hybridized carbons (Fsp3) is 0.250. The van der Waals surface area contributed by atoms with Gasteiger partial charge in [0.05, 0.1) is 11.8 Å². The maximum absolute atomic E-state index is 12.7. The van der Waals surface area contributed by atoms with Gasteiger partial charge in [0.1, 0.15) is 5.82 Å². The first-order chi connectivity index (χ1) is 7.16. The van der Waals surface area contributed by atoms with Crippen LogP contribution < -0.4 is 0 Å². The second kappa shape index (κ2) is 3.85. The van der Waals surface area contributed by atoms with Gasteiger partial charge in [0.25, 0.3) is 0 Å². The SMILES string of the molecule is CC(C)c1[c]c(-c2ccc(F)cc2)on1. The van der Waals surface area contributed by atoms with Crippen molar-refractivity contribution in [2.75, 3.05) is 0 Å². The van der Waals surface area contributed by atoms with Crippen LogP contribution >= 0.6 is 0 Å². The molecule has 0 unspecified atom stereocenters. The Morgan fingerprint density at radius 1 is 1.27 bits per heavy atom. The van der Waals surface area contributed by atoms with Crippen molar-refractivity contribution in [1.29, 1.82) is 0 Å². The molecule has 0 aliphatic rings. The Morgan fingerprint density at radius 3 is 2.47 bits per heavy atom. The van der Waals surface area contributed by atoms with E-state index in [-0.39, 0.29) is 11.7 Å². The van der Waals surface area contributed by atoms with Gasteiger partial charge in [-0.2, -0.15) is 0 Å². The second-order valence-electron chi connectivity index (χ2n) is 3.68. The molecule has 0 aliphatic heterocycles. The lowest BCUT2D eigenvalue weighted by molar-refractivity contribution is 0.420. The molecule has 0 saturated heterocycles. The minimum Gasteiger partial charge on any atom is -0.355 e. The van der Waals surface area contributed by atoms with Gasteiger partial charge in [-0.3, -0.25) is 0 Å². The highest BCUT2D eigenvalue weighted by molar-refractivity contribution is 5.56. The number of rotatable bonds is 2. The molecule has 0 saturated carbocycles. The summed E-state index contributed by atoms with van der Waals surface area (Å²) in [5, 5.41) is 3.89. The Morgan fingerprint density at radius 2 is 1.93 bits per heavy atom. The van der Waals surface area contributed by atoms with Crippen molar-refractivity contribution in [3.8, 4) is 11.3 Å². The van der Waals surface area contributed by atoms with E-state index >= 15 is 0 Å². The van der Waals surface area contributed by atoms with Gasteiger partial charge in [-0.1, -0.05) is 19.0 Å². The largest absolute Gasteiger partial charge is 0.355 e. The Bertz CT molecular complexity index is 445. The summed E-state index contributed by atoms with van der Waals surface area (Å²) in [6, 6.07) is 9.13. The van der Waals surface area contributed by atoms with Gasteiger partial charge in [-0.05, 0) is 30.2 Å². The summed E-state index contributed by atoms with van der Waals surface area (Å²) < 4.78 is 17.8. The Hall–Kier alpha value is -1.64. The molecule has 0 N–H and O–H groups in total. The van der Waals surface area contributed by atoms with Crippen LogP contribution in [0.15, 0.2) is 28.8 Å². The van der Waals surface area contributed by atoms with Crippen LogP contribution in [0.5, 0.6) is 0 Å². The molecule has 2 aromatic rings. The molecule has 3 heteroatoms. The highest BCUT2D eigenvalue weighted by Gasteiger charge is 2.09. The molecule has 1 heterocycles. The molecule has 0 fully saturated rings. The Labute approximate surface area is 87.7 Å². The summed E-state index contributed by atoms with van der Waals surface area (Å²) in [6.07, 6.45) is 0. The van der Waals surface area contributed by atoms with Crippen LogP contribution in [0.1, 0.15) is 25.5 Å². The van der Waals surface area contributed by atoms with Gasteiger partial charge in [-0.15, -0.1) is 0 Å². The van der Waals surface area contributed by atoms with Gasteiger partial charge < -0.3 is 4.52 Å². The van der Waals surface area contributed by atoms with Crippen molar-refractivity contribution in [2.45, 2.75) is 19.8 Å². The van der Waals surface area contributed by atoms with Crippen molar-refractivity contribution < 1.29 is 8.91 Å². The standard InChI is InChI=1S/C12H11FNO/c1-8(2)11-7-12(15-14-11)9-3-5-10(13)6-4-9/h3-6,8H,1-2H3. The summed E-state index contributed by atoms with van der Waals surface area (Å²) >= 11 is 0. The normalized spacial score (nSPS) is 10.9. The molecule has 1 aromatic heterocycles. The highest BCUT2D eigenvalue weighted by Crippen LogP contribution is 2.22. The zero-order valence-corrected chi connectivity index (χ0v) is 8.62. The predicted molar refractivity (Wildman–Crippen MR) is 54.8 cm³/mol. The van der Waals surface area contributed by atoms with Gasteiger partial charge in [0.15, 0.2) is 5.76 Å². The molecule has 0 atom stereocenters. The molecule has 15 heavy (non-hydrogen) atoms. The second-order valence-corrected chi connectivity index (χ2v) is 3.68. The van der Waals surface area contributed by atoms with Crippen molar-refractivity contribution in [3.63, 3.8) is 0 Å². The fourth-order valence-electron chi connectivity index (χ4n) is 1.23. The summed E-state index contributed by atoms with van der Waals surface area (Å²) in [7, 11) is 0. The van der Waals surface area contributed by atoms with E-state index in [0.717, 1.165) is 11.3 Å². The van der Waals surface area contributed by atoms with Gasteiger partial charge in [-0.25, -0.2) is 4.39 Å². The minimum atomic E-state index is -0.262. The van der Waals surface area contributed by atoms with E-state index in [9.17, 15) is 4.39 Å². The first kappa shape index (κ1) is 9.90. The lowest BCUT2D eigenvalue weighted by atomic mass is 10.1. The molecule has 0 amide bonds. The van der Waals surface area contributed by atoms with E-state index in [1.807, 2.05) is 13.8 Å². The highest BCUT2D eigenvalue weighted by atomic mass is 19.1. The third kappa shape index (κ3) is 2.06. The zero-order chi connectivity index (χ0) is 10.8. The van der Waals surface area contributed by atoms with Crippen molar-refractivity contribution in [2.24, 2.45) is 0 Å². The average molecular weight is 204 g/mol. The molecule has 0 aliphatic carbocycles. The third-order valence-corrected chi connectivity index (χ3v) is 2.13. The van der Waals surface area contributed by atoms with Gasteiger partial charge >= 0.3 is 0 Å². The number of nitrogens with zero attached hydrogens (tertiary/aromatic N) is 1. The van der Waals surface area contributed by atoms with E-state index in [2.05, 4.69) is 11.2 Å². The van der Waals surface area contributed by atoms with Crippen molar-refractivity contribution in [3.05, 3.63) is 41.8 Å². The minimum absolute atomic E-state index is 0.262. The monoisotopic (exact) mass is 204 g/mol. The maximum Gasteiger partial charge on any atom is 0.175 e. The van der Waals surface area contributed by atoms with E-state index in [1.54, 1.807) is 12.1 Å². The average Bonchev–Trinajstić information content (AvgIpc) is 2.68. The zero-order valence-electron chi connectivity index (χ0n) is 8.62. The van der Waals surface area contributed by atoms with E-state index in [1.165, 1.54) is 12.1 Å². The number of halogens is 1. The Balaban J connectivity index is 2.33. The number of hydrogen-bond acceptors (Lipinski definition) is 2. The number of aromatic nitrogens is 1. The first-order valence-corrected chi connectivity index (χ1v) is 4.81. The summed E-state index contributed by atoms with van der Waals surface area (Å²) in [5.74, 6) is 0.573. The maximum atomic E-state index is 12.7. The fourth-order valence-corrected chi connectivity index (χ4v) is 1.23. The van der Waals surface area contributed by atoms with E-state index in [0.29, 0.717) is 5.76 Å². The lowest BCUT2D eigenvalue weighted by Gasteiger charge is -1.94. The van der Waals surface area contributed by atoms with Crippen molar-refractivity contribution in [1.82, 2.24) is 5.16 Å². The van der Waals surface area contributed by atoms with Crippen LogP contribution in [0.3, 0.4) is 0 Å². The van der Waals surface area contributed by atoms with Crippen LogP contribution in [0, 0.1) is 11.9 Å². The molecule has 2 rings (SSSR count). The number of benzene rings is 1. The number of hydrogen-bond donors (Lipinski definition) is 0. The summed E-state index contributed by atoms with van der Waals surface area (Å²) in [6.45, 7) is 4.03. The van der Waals surface area contributed by atoms with Crippen LogP contribution in [0.2, 0.25) is 0 Å². The Kier molecular flexibility index (Phi) is 2.54.